The number of nitrogens with zero attached hydrogens (tertiary/aromatic N) is 1. The molecule has 5 rings (SSSR count). The lowest BCUT2D eigenvalue weighted by Gasteiger charge is -2.08. The van der Waals surface area contributed by atoms with E-state index in [1.165, 1.54) is 0 Å². The van der Waals surface area contributed by atoms with E-state index < -0.39 is 0 Å². The Hall–Kier alpha value is -3.08. The van der Waals surface area contributed by atoms with Gasteiger partial charge in [0, 0.05) is 22.4 Å². The third-order valence-electron chi connectivity index (χ3n) is 4.07. The molecule has 0 aliphatic carbocycles. The van der Waals surface area contributed by atoms with Crippen molar-refractivity contribution in [1.29, 1.82) is 0 Å². The molecule has 0 unspecified atom stereocenters. The van der Waals surface area contributed by atoms with E-state index in [1.807, 2.05) is 36.4 Å². The number of aromatic nitrogens is 2. The van der Waals surface area contributed by atoms with Crippen LogP contribution in [0.2, 0.25) is 0 Å². The molecule has 106 valence electrons. The Morgan fingerprint density at radius 1 is 0.955 bits per heavy atom. The molecule has 0 amide bonds. The first-order chi connectivity index (χ1) is 10.8. The highest BCUT2D eigenvalue weighted by Gasteiger charge is 2.19. The lowest BCUT2D eigenvalue weighted by molar-refractivity contribution is 0.174. The molecular weight excluding hydrogens is 280 g/mol. The van der Waals surface area contributed by atoms with Crippen molar-refractivity contribution in [2.24, 2.45) is 0 Å². The second kappa shape index (κ2) is 3.98. The number of benzene rings is 2. The number of hydrogen-bond donors (Lipinski definition) is 1. The number of pyridine rings is 2. The average Bonchev–Trinajstić information content (AvgIpc) is 3.04. The van der Waals surface area contributed by atoms with E-state index in [1.54, 1.807) is 6.20 Å². The summed E-state index contributed by atoms with van der Waals surface area (Å²) in [6.45, 7) is 0.197. The fourth-order valence-corrected chi connectivity index (χ4v) is 3.06. The number of hydrogen-bond acceptors (Lipinski definition) is 4. The van der Waals surface area contributed by atoms with Crippen molar-refractivity contribution in [2.45, 2.75) is 0 Å². The van der Waals surface area contributed by atoms with E-state index in [0.29, 0.717) is 22.4 Å². The van der Waals surface area contributed by atoms with Crippen LogP contribution in [0.3, 0.4) is 0 Å². The zero-order valence-electron chi connectivity index (χ0n) is 11.4. The predicted molar refractivity (Wildman–Crippen MR) is 83.5 cm³/mol. The summed E-state index contributed by atoms with van der Waals surface area (Å²) < 4.78 is 10.9. The minimum atomic E-state index is -0.103. The van der Waals surface area contributed by atoms with Gasteiger partial charge in [-0.05, 0) is 23.6 Å². The summed E-state index contributed by atoms with van der Waals surface area (Å²) in [6.07, 6.45) is 1.78. The number of nitrogens with one attached hydrogen (secondary N) is 1. The summed E-state index contributed by atoms with van der Waals surface area (Å²) in [5, 5.41) is 3.33. The van der Waals surface area contributed by atoms with Crippen molar-refractivity contribution in [3.63, 3.8) is 0 Å². The maximum Gasteiger partial charge on any atom is 0.256 e. The van der Waals surface area contributed by atoms with Crippen molar-refractivity contribution in [2.75, 3.05) is 6.79 Å². The maximum atomic E-state index is 12.3. The Labute approximate surface area is 124 Å². The minimum absolute atomic E-state index is 0.103. The number of fused-ring (bicyclic) bond motifs is 7. The summed E-state index contributed by atoms with van der Waals surface area (Å²) in [7, 11) is 0. The Kier molecular flexibility index (Phi) is 2.09. The van der Waals surface area contributed by atoms with Crippen LogP contribution in [0.1, 0.15) is 0 Å². The van der Waals surface area contributed by atoms with Gasteiger partial charge in [0.05, 0.1) is 5.52 Å². The first kappa shape index (κ1) is 11.6. The van der Waals surface area contributed by atoms with Crippen LogP contribution in [0.25, 0.3) is 32.6 Å². The molecule has 1 aliphatic heterocycles. The van der Waals surface area contributed by atoms with Crippen molar-refractivity contribution in [3.8, 4) is 11.5 Å². The van der Waals surface area contributed by atoms with Gasteiger partial charge < -0.3 is 14.5 Å². The van der Waals surface area contributed by atoms with E-state index in [4.69, 9.17) is 9.47 Å². The summed E-state index contributed by atoms with van der Waals surface area (Å²) in [6, 6.07) is 11.3. The molecule has 0 radical (unpaired) electrons. The van der Waals surface area contributed by atoms with E-state index in [0.717, 1.165) is 21.7 Å². The van der Waals surface area contributed by atoms with Crippen LogP contribution in [-0.2, 0) is 0 Å². The third kappa shape index (κ3) is 1.37. The lowest BCUT2D eigenvalue weighted by atomic mass is 10.1. The van der Waals surface area contributed by atoms with Crippen LogP contribution < -0.4 is 15.0 Å². The minimum Gasteiger partial charge on any atom is -0.454 e. The van der Waals surface area contributed by atoms with E-state index in [9.17, 15) is 4.79 Å². The Morgan fingerprint density at radius 2 is 1.82 bits per heavy atom. The topological polar surface area (TPSA) is 64.2 Å². The highest BCUT2D eigenvalue weighted by molar-refractivity contribution is 6.14. The zero-order valence-corrected chi connectivity index (χ0v) is 11.4. The van der Waals surface area contributed by atoms with E-state index >= 15 is 0 Å². The molecular formula is C17H10N2O3. The van der Waals surface area contributed by atoms with Gasteiger partial charge in [0.15, 0.2) is 11.5 Å². The molecule has 5 nitrogen and oxygen atoms in total. The summed E-state index contributed by atoms with van der Waals surface area (Å²) in [5.74, 6) is 1.32. The van der Waals surface area contributed by atoms with E-state index in [2.05, 4.69) is 9.97 Å². The number of ether oxygens (including phenoxy) is 2. The monoisotopic (exact) mass is 290 g/mol. The zero-order chi connectivity index (χ0) is 14.7. The van der Waals surface area contributed by atoms with Crippen molar-refractivity contribution in [3.05, 3.63) is 52.9 Å². The molecule has 0 bridgehead atoms. The SMILES string of the molecule is O=c1[nH]c2c3ccc4c(c3ncc2c2ccccc12)OCO4. The molecule has 0 atom stereocenters. The summed E-state index contributed by atoms with van der Waals surface area (Å²) in [4.78, 5) is 19.8. The summed E-state index contributed by atoms with van der Waals surface area (Å²) >= 11 is 0. The van der Waals surface area contributed by atoms with Gasteiger partial charge in [0.25, 0.3) is 5.56 Å². The molecule has 0 fully saturated rings. The standard InChI is InChI=1S/C17H10N2O3/c20-17-10-4-2-1-3-9(10)12-7-18-15-11(14(12)19-17)5-6-13-16(15)22-8-21-13/h1-7H,8H2,(H,19,20). The van der Waals surface area contributed by atoms with Crippen LogP contribution in [0.4, 0.5) is 0 Å². The average molecular weight is 290 g/mol. The molecule has 1 aliphatic rings. The Morgan fingerprint density at radius 3 is 2.73 bits per heavy atom. The van der Waals surface area contributed by atoms with Gasteiger partial charge in [-0.2, -0.15) is 0 Å². The van der Waals surface area contributed by atoms with Crippen LogP contribution >= 0.6 is 0 Å². The Balaban J connectivity index is 2.04. The van der Waals surface area contributed by atoms with Crippen molar-refractivity contribution >= 4 is 32.6 Å². The van der Waals surface area contributed by atoms with Gasteiger partial charge in [-0.15, -0.1) is 0 Å². The predicted octanol–water partition coefficient (Wildman–Crippen LogP) is 2.96. The van der Waals surface area contributed by atoms with Crippen LogP contribution in [0.5, 0.6) is 11.5 Å². The van der Waals surface area contributed by atoms with Crippen LogP contribution in [-0.4, -0.2) is 16.8 Å². The smallest absolute Gasteiger partial charge is 0.256 e. The molecule has 0 saturated carbocycles. The molecule has 0 spiro atoms. The number of aromatic amines is 1. The number of rotatable bonds is 0. The quantitative estimate of drug-likeness (QED) is 0.506. The molecule has 2 aromatic heterocycles. The fourth-order valence-electron chi connectivity index (χ4n) is 3.06. The molecule has 22 heavy (non-hydrogen) atoms. The second-order valence-electron chi connectivity index (χ2n) is 5.24. The maximum absolute atomic E-state index is 12.3. The van der Waals surface area contributed by atoms with Crippen LogP contribution in [0.15, 0.2) is 47.4 Å². The molecule has 3 heterocycles. The second-order valence-corrected chi connectivity index (χ2v) is 5.24. The van der Waals surface area contributed by atoms with Gasteiger partial charge in [-0.25, -0.2) is 0 Å². The largest absolute Gasteiger partial charge is 0.454 e. The number of H-pyrrole nitrogens is 1. The molecule has 4 aromatic rings. The first-order valence-corrected chi connectivity index (χ1v) is 6.95. The van der Waals surface area contributed by atoms with Gasteiger partial charge in [0.1, 0.15) is 5.52 Å². The van der Waals surface area contributed by atoms with Crippen molar-refractivity contribution in [1.82, 2.24) is 9.97 Å². The molecule has 1 N–H and O–H groups in total. The molecule has 5 heteroatoms. The molecule has 0 saturated heterocycles. The van der Waals surface area contributed by atoms with Gasteiger partial charge >= 0.3 is 0 Å². The van der Waals surface area contributed by atoms with Gasteiger partial charge in [-0.3, -0.25) is 9.78 Å². The fraction of sp³-hybridized carbons (Fsp3) is 0.0588. The molecule has 2 aromatic carbocycles. The van der Waals surface area contributed by atoms with Gasteiger partial charge in [-0.1, -0.05) is 18.2 Å². The summed E-state index contributed by atoms with van der Waals surface area (Å²) in [5.41, 5.74) is 1.37. The van der Waals surface area contributed by atoms with Gasteiger partial charge in [0.2, 0.25) is 6.79 Å². The van der Waals surface area contributed by atoms with E-state index in [-0.39, 0.29) is 12.4 Å². The third-order valence-corrected chi connectivity index (χ3v) is 4.07. The van der Waals surface area contributed by atoms with Crippen molar-refractivity contribution < 1.29 is 9.47 Å². The first-order valence-electron chi connectivity index (χ1n) is 6.95. The highest BCUT2D eigenvalue weighted by atomic mass is 16.7. The Bertz CT molecular complexity index is 1130. The normalized spacial score (nSPS) is 13.3. The highest BCUT2D eigenvalue weighted by Crippen LogP contribution is 2.40. The van der Waals surface area contributed by atoms with Crippen LogP contribution in [0, 0.1) is 0 Å². The lowest BCUT2D eigenvalue weighted by Crippen LogP contribution is -2.06.